The molecule has 0 unspecified atom stereocenters. The maximum absolute atomic E-state index is 12.8. The minimum atomic E-state index is -4.52. The molecule has 2 rings (SSSR count). The van der Waals surface area contributed by atoms with Crippen LogP contribution < -0.4 is 10.1 Å². The van der Waals surface area contributed by atoms with Crippen LogP contribution >= 0.6 is 0 Å². The molecular formula is C15H12F3N3O. The molecule has 0 amide bonds. The first-order valence-electron chi connectivity index (χ1n) is 6.28. The molecule has 0 radical (unpaired) electrons. The number of benzene rings is 1. The van der Waals surface area contributed by atoms with E-state index in [4.69, 9.17) is 10.00 Å². The summed E-state index contributed by atoms with van der Waals surface area (Å²) in [5.41, 5.74) is -0.346. The highest BCUT2D eigenvalue weighted by molar-refractivity contribution is 5.44. The van der Waals surface area contributed by atoms with Gasteiger partial charge in [0, 0.05) is 6.54 Å². The first-order valence-corrected chi connectivity index (χ1v) is 6.28. The second-order valence-electron chi connectivity index (χ2n) is 4.44. The third kappa shape index (κ3) is 3.88. The predicted molar refractivity (Wildman–Crippen MR) is 74.3 cm³/mol. The van der Waals surface area contributed by atoms with E-state index in [1.165, 1.54) is 0 Å². The van der Waals surface area contributed by atoms with Gasteiger partial charge >= 0.3 is 6.18 Å². The number of aromatic nitrogens is 1. The first-order chi connectivity index (χ1) is 10.4. The number of hydrogen-bond donors (Lipinski definition) is 1. The number of anilines is 1. The van der Waals surface area contributed by atoms with Gasteiger partial charge in [0.05, 0.1) is 12.7 Å². The zero-order valence-electron chi connectivity index (χ0n) is 11.6. The number of hydrogen-bond acceptors (Lipinski definition) is 4. The van der Waals surface area contributed by atoms with Crippen molar-refractivity contribution >= 4 is 5.82 Å². The summed E-state index contributed by atoms with van der Waals surface area (Å²) >= 11 is 0. The van der Waals surface area contributed by atoms with Crippen molar-refractivity contribution in [3.8, 4) is 11.8 Å². The number of ether oxygens (including phenoxy) is 1. The van der Waals surface area contributed by atoms with E-state index in [9.17, 15) is 13.2 Å². The van der Waals surface area contributed by atoms with Crippen molar-refractivity contribution < 1.29 is 17.9 Å². The Labute approximate surface area is 125 Å². The molecule has 0 saturated heterocycles. The van der Waals surface area contributed by atoms with E-state index in [0.717, 1.165) is 17.7 Å². The standard InChI is InChI=1S/C15H12F3N3O/c1-22-13-4-2-10(3-5-13)9-20-14-7-11(15(16,17)18)6-12(8-19)21-14/h2-7H,9H2,1H3,(H,20,21). The van der Waals surface area contributed by atoms with Crippen molar-refractivity contribution in [3.05, 3.63) is 53.2 Å². The van der Waals surface area contributed by atoms with E-state index in [2.05, 4.69) is 10.3 Å². The maximum atomic E-state index is 12.8. The quantitative estimate of drug-likeness (QED) is 0.937. The lowest BCUT2D eigenvalue weighted by atomic mass is 10.2. The normalized spacial score (nSPS) is 10.9. The van der Waals surface area contributed by atoms with Crippen LogP contribution in [0.3, 0.4) is 0 Å². The van der Waals surface area contributed by atoms with E-state index in [1.807, 2.05) is 0 Å². The van der Waals surface area contributed by atoms with E-state index in [-0.39, 0.29) is 18.1 Å². The monoisotopic (exact) mass is 307 g/mol. The fourth-order valence-electron chi connectivity index (χ4n) is 1.78. The number of nitrogens with one attached hydrogen (secondary N) is 1. The van der Waals surface area contributed by atoms with Gasteiger partial charge < -0.3 is 10.1 Å². The Morgan fingerprint density at radius 2 is 1.91 bits per heavy atom. The summed E-state index contributed by atoms with van der Waals surface area (Å²) in [6, 6.07) is 10.3. The van der Waals surface area contributed by atoms with Crippen LogP contribution in [-0.2, 0) is 12.7 Å². The molecule has 0 atom stereocenters. The second-order valence-corrected chi connectivity index (χ2v) is 4.44. The summed E-state index contributed by atoms with van der Waals surface area (Å²) in [6.07, 6.45) is -4.52. The molecule has 0 aliphatic carbocycles. The molecule has 0 aliphatic rings. The number of pyridine rings is 1. The Balaban J connectivity index is 2.16. The van der Waals surface area contributed by atoms with Crippen molar-refractivity contribution in [2.75, 3.05) is 12.4 Å². The summed E-state index contributed by atoms with van der Waals surface area (Å²) in [5, 5.41) is 11.6. The maximum Gasteiger partial charge on any atom is 0.416 e. The SMILES string of the molecule is COc1ccc(CNc2cc(C(F)(F)F)cc(C#N)n2)cc1. The van der Waals surface area contributed by atoms with Crippen molar-refractivity contribution in [3.63, 3.8) is 0 Å². The third-order valence-electron chi connectivity index (χ3n) is 2.90. The molecule has 0 bridgehead atoms. The lowest BCUT2D eigenvalue weighted by molar-refractivity contribution is -0.137. The van der Waals surface area contributed by atoms with E-state index in [1.54, 1.807) is 37.4 Å². The Morgan fingerprint density at radius 1 is 1.23 bits per heavy atom. The Bertz CT molecular complexity index is 691. The van der Waals surface area contributed by atoms with Crippen molar-refractivity contribution in [1.82, 2.24) is 4.98 Å². The van der Waals surface area contributed by atoms with Crippen molar-refractivity contribution in [2.45, 2.75) is 12.7 Å². The van der Waals surface area contributed by atoms with E-state index >= 15 is 0 Å². The first kappa shape index (κ1) is 15.6. The van der Waals surface area contributed by atoms with Crippen molar-refractivity contribution in [2.24, 2.45) is 0 Å². The second kappa shape index (κ2) is 6.35. The van der Waals surface area contributed by atoms with Gasteiger partial charge in [0.15, 0.2) is 0 Å². The van der Waals surface area contributed by atoms with Gasteiger partial charge in [-0.05, 0) is 29.8 Å². The zero-order valence-corrected chi connectivity index (χ0v) is 11.6. The number of halogens is 3. The van der Waals surface area contributed by atoms with Crippen LogP contribution in [0.2, 0.25) is 0 Å². The van der Waals surface area contributed by atoms with Gasteiger partial charge in [0.1, 0.15) is 23.3 Å². The van der Waals surface area contributed by atoms with Crippen LogP contribution in [0.5, 0.6) is 5.75 Å². The summed E-state index contributed by atoms with van der Waals surface area (Å²) in [6.45, 7) is 0.281. The molecule has 4 nitrogen and oxygen atoms in total. The minimum Gasteiger partial charge on any atom is -0.497 e. The highest BCUT2D eigenvalue weighted by Gasteiger charge is 2.31. The van der Waals surface area contributed by atoms with Gasteiger partial charge in [-0.3, -0.25) is 0 Å². The Morgan fingerprint density at radius 3 is 2.45 bits per heavy atom. The molecule has 0 spiro atoms. The summed E-state index contributed by atoms with van der Waals surface area (Å²) < 4.78 is 43.3. The zero-order chi connectivity index (χ0) is 16.2. The molecule has 1 aromatic carbocycles. The number of rotatable bonds is 4. The molecule has 0 saturated carbocycles. The minimum absolute atomic E-state index is 0.00203. The van der Waals surface area contributed by atoms with Gasteiger partial charge in [-0.25, -0.2) is 4.98 Å². The number of methoxy groups -OCH3 is 1. The number of nitriles is 1. The molecule has 114 valence electrons. The Kier molecular flexibility index (Phi) is 4.51. The molecule has 2 aromatic rings. The molecule has 1 N–H and O–H groups in total. The van der Waals surface area contributed by atoms with Crippen LogP contribution in [-0.4, -0.2) is 12.1 Å². The summed E-state index contributed by atoms with van der Waals surface area (Å²) in [5.74, 6) is 0.690. The Hall–Kier alpha value is -2.75. The lowest BCUT2D eigenvalue weighted by Crippen LogP contribution is -2.09. The molecular weight excluding hydrogens is 295 g/mol. The van der Waals surface area contributed by atoms with Gasteiger partial charge in [-0.15, -0.1) is 0 Å². The third-order valence-corrected chi connectivity index (χ3v) is 2.90. The molecule has 1 heterocycles. The largest absolute Gasteiger partial charge is 0.497 e. The van der Waals surface area contributed by atoms with Gasteiger partial charge in [-0.1, -0.05) is 12.1 Å². The summed E-state index contributed by atoms with van der Waals surface area (Å²) in [7, 11) is 1.54. The molecule has 1 aromatic heterocycles. The number of nitrogens with zero attached hydrogens (tertiary/aromatic N) is 2. The summed E-state index contributed by atoms with van der Waals surface area (Å²) in [4.78, 5) is 3.82. The van der Waals surface area contributed by atoms with Gasteiger partial charge in [-0.2, -0.15) is 18.4 Å². The van der Waals surface area contributed by atoms with E-state index < -0.39 is 11.7 Å². The average molecular weight is 307 g/mol. The van der Waals surface area contributed by atoms with Crippen LogP contribution in [0.15, 0.2) is 36.4 Å². The fourth-order valence-corrected chi connectivity index (χ4v) is 1.78. The van der Waals surface area contributed by atoms with Gasteiger partial charge in [0.2, 0.25) is 0 Å². The topological polar surface area (TPSA) is 57.9 Å². The van der Waals surface area contributed by atoms with Crippen LogP contribution in [0.4, 0.5) is 19.0 Å². The van der Waals surface area contributed by atoms with Gasteiger partial charge in [0.25, 0.3) is 0 Å². The van der Waals surface area contributed by atoms with Crippen LogP contribution in [0.1, 0.15) is 16.8 Å². The predicted octanol–water partition coefficient (Wildman–Crippen LogP) is 3.59. The van der Waals surface area contributed by atoms with Crippen LogP contribution in [0.25, 0.3) is 0 Å². The smallest absolute Gasteiger partial charge is 0.416 e. The van der Waals surface area contributed by atoms with Crippen LogP contribution in [0, 0.1) is 11.3 Å². The lowest BCUT2D eigenvalue weighted by Gasteiger charge is -2.11. The van der Waals surface area contributed by atoms with E-state index in [0.29, 0.717) is 5.75 Å². The molecule has 0 fully saturated rings. The number of alkyl halides is 3. The highest BCUT2D eigenvalue weighted by atomic mass is 19.4. The fraction of sp³-hybridized carbons (Fsp3) is 0.200. The molecule has 22 heavy (non-hydrogen) atoms. The molecule has 7 heteroatoms. The van der Waals surface area contributed by atoms with Crippen molar-refractivity contribution in [1.29, 1.82) is 5.26 Å². The highest BCUT2D eigenvalue weighted by Crippen LogP contribution is 2.31. The molecule has 0 aliphatic heterocycles. The average Bonchev–Trinajstić information content (AvgIpc) is 2.52.